The molecule has 1 atom stereocenters. The van der Waals surface area contributed by atoms with Crippen molar-refractivity contribution in [2.75, 3.05) is 7.11 Å². The number of aromatic amines is 1. The first-order valence-corrected chi connectivity index (χ1v) is 12.3. The van der Waals surface area contributed by atoms with Gasteiger partial charge in [0, 0.05) is 29.4 Å². The van der Waals surface area contributed by atoms with Crippen molar-refractivity contribution in [2.24, 2.45) is 4.99 Å². The summed E-state index contributed by atoms with van der Waals surface area (Å²) in [5.41, 5.74) is 4.48. The number of hydrogen-bond donors (Lipinski definition) is 3. The van der Waals surface area contributed by atoms with Gasteiger partial charge in [-0.3, -0.25) is 9.79 Å². The zero-order valence-corrected chi connectivity index (χ0v) is 20.8. The molecule has 0 saturated heterocycles. The lowest BCUT2D eigenvalue weighted by Crippen LogP contribution is -2.39. The van der Waals surface area contributed by atoms with E-state index in [1.165, 1.54) is 12.1 Å². The fourth-order valence-electron chi connectivity index (χ4n) is 4.87. The number of hydrogen-bond acceptors (Lipinski definition) is 4. The van der Waals surface area contributed by atoms with Gasteiger partial charge in [-0.1, -0.05) is 12.1 Å². The number of carbonyl (C=O) groups is 1. The van der Waals surface area contributed by atoms with E-state index in [1.807, 2.05) is 24.3 Å². The lowest BCUT2D eigenvalue weighted by Gasteiger charge is -2.25. The van der Waals surface area contributed by atoms with E-state index >= 15 is 0 Å². The molecule has 0 aliphatic carbocycles. The summed E-state index contributed by atoms with van der Waals surface area (Å²) in [4.78, 5) is 21.1. The van der Waals surface area contributed by atoms with Crippen molar-refractivity contribution in [1.82, 2.24) is 10.3 Å². The summed E-state index contributed by atoms with van der Waals surface area (Å²) < 4.78 is 33.3. The molecule has 6 nitrogen and oxygen atoms in total. The minimum absolute atomic E-state index is 0.0479. The molecule has 5 rings (SSSR count). The van der Waals surface area contributed by atoms with Crippen LogP contribution in [0.1, 0.15) is 29.5 Å². The molecular formula is C30H27F2N3O3. The van der Waals surface area contributed by atoms with Crippen LogP contribution in [-0.2, 0) is 17.6 Å². The van der Waals surface area contributed by atoms with E-state index in [-0.39, 0.29) is 24.5 Å². The van der Waals surface area contributed by atoms with E-state index in [0.717, 1.165) is 45.8 Å². The maximum atomic E-state index is 14.0. The fraction of sp³-hybridized carbons (Fsp3) is 0.200. The number of phenols is 1. The highest BCUT2D eigenvalue weighted by atomic mass is 19.1. The first-order chi connectivity index (χ1) is 18.4. The van der Waals surface area contributed by atoms with Crippen molar-refractivity contribution in [3.63, 3.8) is 0 Å². The number of benzene rings is 3. The second kappa shape index (κ2) is 10.9. The molecule has 1 aliphatic heterocycles. The van der Waals surface area contributed by atoms with Crippen LogP contribution in [0.2, 0.25) is 0 Å². The van der Waals surface area contributed by atoms with Gasteiger partial charge in [0.05, 0.1) is 25.3 Å². The zero-order chi connectivity index (χ0) is 26.6. The maximum absolute atomic E-state index is 14.0. The Kier molecular flexibility index (Phi) is 7.22. The van der Waals surface area contributed by atoms with Gasteiger partial charge in [0.25, 0.3) is 0 Å². The van der Waals surface area contributed by atoms with Crippen LogP contribution in [0.3, 0.4) is 0 Å². The molecule has 3 N–H and O–H groups in total. The summed E-state index contributed by atoms with van der Waals surface area (Å²) in [5, 5.41) is 13.7. The van der Waals surface area contributed by atoms with Crippen LogP contribution >= 0.6 is 0 Å². The molecule has 2 heterocycles. The topological polar surface area (TPSA) is 86.7 Å². The number of halogens is 2. The highest BCUT2D eigenvalue weighted by molar-refractivity contribution is 5.90. The minimum Gasteiger partial charge on any atom is -0.508 e. The molecule has 194 valence electrons. The number of aromatic nitrogens is 1. The van der Waals surface area contributed by atoms with Crippen molar-refractivity contribution in [3.8, 4) is 11.5 Å². The van der Waals surface area contributed by atoms with Crippen molar-refractivity contribution >= 4 is 28.6 Å². The van der Waals surface area contributed by atoms with Crippen LogP contribution in [0.15, 0.2) is 77.5 Å². The molecule has 0 radical (unpaired) electrons. The number of ether oxygens (including phenoxy) is 1. The predicted octanol–water partition coefficient (Wildman–Crippen LogP) is 5.71. The van der Waals surface area contributed by atoms with Gasteiger partial charge in [-0.15, -0.1) is 0 Å². The smallest absolute Gasteiger partial charge is 0.225 e. The van der Waals surface area contributed by atoms with Crippen molar-refractivity contribution in [3.05, 3.63) is 101 Å². The molecule has 1 aliphatic rings. The Morgan fingerprint density at radius 2 is 1.87 bits per heavy atom. The van der Waals surface area contributed by atoms with Gasteiger partial charge < -0.3 is 20.1 Å². The second-order valence-electron chi connectivity index (χ2n) is 9.27. The molecule has 0 bridgehead atoms. The molecular weight excluding hydrogens is 488 g/mol. The number of nitrogens with zero attached hydrogens (tertiary/aromatic N) is 1. The second-order valence-corrected chi connectivity index (χ2v) is 9.27. The number of fused-ring (bicyclic) bond motifs is 1. The summed E-state index contributed by atoms with van der Waals surface area (Å²) in [5.74, 6) is -0.811. The summed E-state index contributed by atoms with van der Waals surface area (Å²) in [6, 6.07) is 15.3. The Balaban J connectivity index is 1.49. The average Bonchev–Trinajstić information content (AvgIpc) is 3.29. The third-order valence-electron chi connectivity index (χ3n) is 6.63. The number of H-pyrrole nitrogens is 1. The Morgan fingerprint density at radius 3 is 2.61 bits per heavy atom. The van der Waals surface area contributed by atoms with Gasteiger partial charge in [-0.25, -0.2) is 8.78 Å². The maximum Gasteiger partial charge on any atom is 0.225 e. The van der Waals surface area contributed by atoms with Gasteiger partial charge in [0.2, 0.25) is 5.91 Å². The number of phenolic OH excluding ortho intramolecular Hbond substituents is 1. The fourth-order valence-corrected chi connectivity index (χ4v) is 4.87. The number of amides is 1. The molecule has 1 aromatic heterocycles. The molecule has 38 heavy (non-hydrogen) atoms. The molecule has 0 saturated carbocycles. The van der Waals surface area contributed by atoms with Crippen molar-refractivity contribution < 1.29 is 23.4 Å². The van der Waals surface area contributed by atoms with Gasteiger partial charge in [0.1, 0.15) is 23.1 Å². The number of rotatable bonds is 8. The quantitative estimate of drug-likeness (QED) is 0.281. The third-order valence-corrected chi connectivity index (χ3v) is 6.63. The number of aromatic hydroxyl groups is 1. The lowest BCUT2D eigenvalue weighted by molar-refractivity contribution is -0.120. The molecule has 8 heteroatoms. The monoisotopic (exact) mass is 515 g/mol. The average molecular weight is 516 g/mol. The Morgan fingerprint density at radius 1 is 1.11 bits per heavy atom. The van der Waals surface area contributed by atoms with E-state index in [4.69, 9.17) is 4.74 Å². The zero-order valence-electron chi connectivity index (χ0n) is 20.8. The highest BCUT2D eigenvalue weighted by Gasteiger charge is 2.24. The van der Waals surface area contributed by atoms with Gasteiger partial charge in [0.15, 0.2) is 0 Å². The largest absolute Gasteiger partial charge is 0.508 e. The van der Waals surface area contributed by atoms with E-state index in [9.17, 15) is 18.7 Å². The summed E-state index contributed by atoms with van der Waals surface area (Å²) in [6.45, 7) is 0. The number of aliphatic imine (C=N–C) groups is 1. The van der Waals surface area contributed by atoms with E-state index in [1.54, 1.807) is 37.7 Å². The standard InChI is InChI=1S/C30H27F2N3O3/c1-38-24-7-4-19(5-8-24)25-3-2-10-33-30(25)28(13-18-11-21(31)15-22(32)12-18)35-29(37)14-20-17-34-27-9-6-23(36)16-26(20)27/h4-12,15-17,28,34,36H,2-3,13-14H2,1H3,(H,35,37). The Bertz CT molecular complexity index is 1520. The lowest BCUT2D eigenvalue weighted by atomic mass is 9.91. The van der Waals surface area contributed by atoms with E-state index < -0.39 is 17.7 Å². The van der Waals surface area contributed by atoms with Crippen molar-refractivity contribution in [2.45, 2.75) is 31.7 Å². The van der Waals surface area contributed by atoms with E-state index in [2.05, 4.69) is 15.3 Å². The highest BCUT2D eigenvalue weighted by Crippen LogP contribution is 2.32. The molecule has 0 spiro atoms. The number of carbonyl (C=O) groups excluding carboxylic acids is 1. The van der Waals surface area contributed by atoms with Crippen LogP contribution in [0.4, 0.5) is 8.78 Å². The molecule has 1 amide bonds. The molecule has 3 aromatic carbocycles. The first kappa shape index (κ1) is 25.2. The third kappa shape index (κ3) is 5.59. The van der Waals surface area contributed by atoms with Crippen LogP contribution in [0.25, 0.3) is 16.5 Å². The summed E-state index contributed by atoms with van der Waals surface area (Å²) in [7, 11) is 1.60. The van der Waals surface area contributed by atoms with Crippen LogP contribution in [0.5, 0.6) is 11.5 Å². The molecule has 1 unspecified atom stereocenters. The normalized spacial score (nSPS) is 14.1. The van der Waals surface area contributed by atoms with Crippen LogP contribution in [-0.4, -0.2) is 35.4 Å². The van der Waals surface area contributed by atoms with E-state index in [0.29, 0.717) is 17.7 Å². The van der Waals surface area contributed by atoms with Gasteiger partial charge in [-0.05, 0) is 84.0 Å². The molecule has 0 fully saturated rings. The van der Waals surface area contributed by atoms with Gasteiger partial charge in [-0.2, -0.15) is 0 Å². The SMILES string of the molecule is COc1ccc(C2=C(C(Cc3cc(F)cc(F)c3)NC(=O)Cc3c[nH]c4ccc(O)cc34)N=CCC2)cc1. The first-order valence-electron chi connectivity index (χ1n) is 12.3. The predicted molar refractivity (Wildman–Crippen MR) is 143 cm³/mol. The Labute approximate surface area is 218 Å². The molecule has 4 aromatic rings. The number of allylic oxidation sites excluding steroid dienone is 1. The van der Waals surface area contributed by atoms with Crippen LogP contribution < -0.4 is 10.1 Å². The summed E-state index contributed by atoms with van der Waals surface area (Å²) in [6.07, 6.45) is 5.18. The van der Waals surface area contributed by atoms with Gasteiger partial charge >= 0.3 is 0 Å². The van der Waals surface area contributed by atoms with Crippen molar-refractivity contribution in [1.29, 1.82) is 0 Å². The number of nitrogens with one attached hydrogen (secondary N) is 2. The minimum atomic E-state index is -0.680. The summed E-state index contributed by atoms with van der Waals surface area (Å²) >= 11 is 0. The Hall–Kier alpha value is -4.46. The van der Waals surface area contributed by atoms with Crippen LogP contribution in [0, 0.1) is 11.6 Å². The number of methoxy groups -OCH3 is 1.